The van der Waals surface area contributed by atoms with E-state index in [9.17, 15) is 10.2 Å². The summed E-state index contributed by atoms with van der Waals surface area (Å²) in [4.78, 5) is 17.2. The van der Waals surface area contributed by atoms with Crippen molar-refractivity contribution in [2.24, 2.45) is 0 Å². The predicted molar refractivity (Wildman–Crippen MR) is 77.6 cm³/mol. The van der Waals surface area contributed by atoms with E-state index in [4.69, 9.17) is 15.4 Å². The van der Waals surface area contributed by atoms with Gasteiger partial charge in [0.15, 0.2) is 6.23 Å². The number of nitrogens with two attached hydrogens (primary N) is 1. The Kier molecular flexibility index (Phi) is 5.63. The van der Waals surface area contributed by atoms with Gasteiger partial charge in [-0.15, -0.1) is 0 Å². The van der Waals surface area contributed by atoms with E-state index in [1.54, 1.807) is 12.3 Å². The summed E-state index contributed by atoms with van der Waals surface area (Å²) in [5.41, 5.74) is 6.18. The van der Waals surface area contributed by atoms with Crippen molar-refractivity contribution in [2.45, 2.75) is 24.9 Å². The van der Waals surface area contributed by atoms with E-state index in [2.05, 4.69) is 14.9 Å². The standard InChI is InChI=1S/C13H20N4O5/c1-20-9(4-6-22-21-2)10(18)13(19)17-5-3-8-11(14)15-7-16-12(8)17/h3,5,7,9-10,13,18-19H,4,6H2,1-2H3,(H2,14,15,16). The van der Waals surface area contributed by atoms with Crippen LogP contribution in [0.2, 0.25) is 0 Å². The smallest absolute Gasteiger partial charge is 0.160 e. The maximum atomic E-state index is 10.4. The third-order valence-electron chi connectivity index (χ3n) is 3.42. The van der Waals surface area contributed by atoms with Crippen LogP contribution in [0.1, 0.15) is 12.6 Å². The minimum absolute atomic E-state index is 0.223. The summed E-state index contributed by atoms with van der Waals surface area (Å²) in [6.45, 7) is 0.223. The van der Waals surface area contributed by atoms with Gasteiger partial charge in [-0.25, -0.2) is 19.7 Å². The normalized spacial score (nSPS) is 15.8. The Morgan fingerprint density at radius 2 is 2.09 bits per heavy atom. The maximum absolute atomic E-state index is 10.4. The van der Waals surface area contributed by atoms with Crippen LogP contribution >= 0.6 is 0 Å². The first-order valence-corrected chi connectivity index (χ1v) is 6.71. The molecule has 0 spiro atoms. The number of nitrogen functional groups attached to an aromatic ring is 1. The molecule has 2 aromatic rings. The molecule has 0 aromatic carbocycles. The molecule has 0 saturated heterocycles. The van der Waals surface area contributed by atoms with Crippen LogP contribution in [-0.2, 0) is 14.5 Å². The van der Waals surface area contributed by atoms with Gasteiger partial charge in [0.1, 0.15) is 23.9 Å². The van der Waals surface area contributed by atoms with Crippen LogP contribution < -0.4 is 5.73 Å². The summed E-state index contributed by atoms with van der Waals surface area (Å²) in [5, 5.41) is 21.3. The number of rotatable bonds is 8. The number of fused-ring (bicyclic) bond motifs is 1. The molecule has 0 amide bonds. The van der Waals surface area contributed by atoms with Gasteiger partial charge in [-0.3, -0.25) is 0 Å². The predicted octanol–water partition coefficient (Wildman–Crippen LogP) is -0.152. The average molecular weight is 312 g/mol. The fourth-order valence-corrected chi connectivity index (χ4v) is 2.24. The molecule has 0 radical (unpaired) electrons. The molecule has 9 heteroatoms. The van der Waals surface area contributed by atoms with Gasteiger partial charge in [0.25, 0.3) is 0 Å². The minimum Gasteiger partial charge on any atom is -0.386 e. The third kappa shape index (κ3) is 3.34. The number of hydrogen-bond donors (Lipinski definition) is 3. The van der Waals surface area contributed by atoms with E-state index in [1.165, 1.54) is 25.1 Å². The number of aromatic nitrogens is 3. The average Bonchev–Trinajstić information content (AvgIpc) is 2.96. The zero-order valence-electron chi connectivity index (χ0n) is 12.4. The van der Waals surface area contributed by atoms with Crippen molar-refractivity contribution >= 4 is 16.9 Å². The molecule has 0 aliphatic rings. The number of nitrogens with zero attached hydrogens (tertiary/aromatic N) is 3. The molecule has 0 bridgehead atoms. The molecule has 0 saturated carbocycles. The van der Waals surface area contributed by atoms with Crippen molar-refractivity contribution < 1.29 is 24.7 Å². The van der Waals surface area contributed by atoms with Crippen molar-refractivity contribution in [3.05, 3.63) is 18.6 Å². The van der Waals surface area contributed by atoms with Gasteiger partial charge in [0.2, 0.25) is 0 Å². The monoisotopic (exact) mass is 312 g/mol. The lowest BCUT2D eigenvalue weighted by Gasteiger charge is -2.26. The van der Waals surface area contributed by atoms with Gasteiger partial charge in [-0.05, 0) is 6.07 Å². The Hall–Kier alpha value is -1.78. The summed E-state index contributed by atoms with van der Waals surface area (Å²) in [6.07, 6.45) is 0.160. The van der Waals surface area contributed by atoms with E-state index in [0.717, 1.165) is 0 Å². The number of hydrogen-bond acceptors (Lipinski definition) is 8. The van der Waals surface area contributed by atoms with Gasteiger partial charge in [0.05, 0.1) is 25.2 Å². The highest BCUT2D eigenvalue weighted by Crippen LogP contribution is 2.24. The second kappa shape index (κ2) is 7.47. The quantitative estimate of drug-likeness (QED) is 0.349. The summed E-state index contributed by atoms with van der Waals surface area (Å²) < 4.78 is 6.62. The summed E-state index contributed by atoms with van der Waals surface area (Å²) >= 11 is 0. The lowest BCUT2D eigenvalue weighted by Crippen LogP contribution is -2.37. The third-order valence-corrected chi connectivity index (χ3v) is 3.42. The van der Waals surface area contributed by atoms with Crippen LogP contribution in [-0.4, -0.2) is 57.8 Å². The Balaban J connectivity index is 2.17. The number of methoxy groups -OCH3 is 1. The Morgan fingerprint density at radius 1 is 1.32 bits per heavy atom. The van der Waals surface area contributed by atoms with E-state index in [-0.39, 0.29) is 6.61 Å². The fraction of sp³-hybridized carbons (Fsp3) is 0.538. The van der Waals surface area contributed by atoms with E-state index < -0.39 is 18.4 Å². The highest BCUT2D eigenvalue weighted by atomic mass is 17.2. The van der Waals surface area contributed by atoms with Crippen molar-refractivity contribution in [1.29, 1.82) is 0 Å². The summed E-state index contributed by atoms with van der Waals surface area (Å²) in [5.74, 6) is 0.308. The highest BCUT2D eigenvalue weighted by molar-refractivity contribution is 5.86. The molecule has 2 heterocycles. The lowest BCUT2D eigenvalue weighted by molar-refractivity contribution is -0.277. The van der Waals surface area contributed by atoms with Gasteiger partial charge in [0, 0.05) is 19.7 Å². The molecule has 2 aromatic heterocycles. The molecular formula is C13H20N4O5. The van der Waals surface area contributed by atoms with Crippen LogP contribution in [0.5, 0.6) is 0 Å². The second-order valence-corrected chi connectivity index (χ2v) is 4.67. The molecule has 22 heavy (non-hydrogen) atoms. The number of anilines is 1. The van der Waals surface area contributed by atoms with Crippen molar-refractivity contribution in [3.63, 3.8) is 0 Å². The molecule has 122 valence electrons. The van der Waals surface area contributed by atoms with Crippen LogP contribution in [0.3, 0.4) is 0 Å². The van der Waals surface area contributed by atoms with Crippen LogP contribution in [0.15, 0.2) is 18.6 Å². The first kappa shape index (κ1) is 16.6. The Labute approximate surface area is 127 Å². The van der Waals surface area contributed by atoms with Gasteiger partial charge < -0.3 is 25.3 Å². The fourth-order valence-electron chi connectivity index (χ4n) is 2.24. The zero-order valence-corrected chi connectivity index (χ0v) is 12.4. The lowest BCUT2D eigenvalue weighted by atomic mass is 10.1. The zero-order chi connectivity index (χ0) is 16.1. The topological polar surface area (TPSA) is 125 Å². The van der Waals surface area contributed by atoms with Crippen molar-refractivity contribution in [1.82, 2.24) is 14.5 Å². The molecule has 4 N–H and O–H groups in total. The van der Waals surface area contributed by atoms with Crippen LogP contribution in [0, 0.1) is 0 Å². The number of aliphatic hydroxyl groups excluding tert-OH is 2. The summed E-state index contributed by atoms with van der Waals surface area (Å²) in [7, 11) is 2.84. The van der Waals surface area contributed by atoms with Crippen LogP contribution in [0.4, 0.5) is 5.82 Å². The first-order chi connectivity index (χ1) is 10.6. The molecule has 0 fully saturated rings. The van der Waals surface area contributed by atoms with Crippen LogP contribution in [0.25, 0.3) is 11.0 Å². The van der Waals surface area contributed by atoms with E-state index in [1.807, 2.05) is 0 Å². The summed E-state index contributed by atoms with van der Waals surface area (Å²) in [6, 6.07) is 1.68. The second-order valence-electron chi connectivity index (χ2n) is 4.67. The molecule has 3 unspecified atom stereocenters. The molecule has 9 nitrogen and oxygen atoms in total. The van der Waals surface area contributed by atoms with E-state index in [0.29, 0.717) is 23.3 Å². The van der Waals surface area contributed by atoms with Gasteiger partial charge in [-0.2, -0.15) is 0 Å². The van der Waals surface area contributed by atoms with Crippen molar-refractivity contribution in [2.75, 3.05) is 26.6 Å². The molecule has 3 atom stereocenters. The van der Waals surface area contributed by atoms with E-state index >= 15 is 0 Å². The largest absolute Gasteiger partial charge is 0.386 e. The SMILES string of the molecule is COOCCC(OC)C(O)C(O)n1ccc2c(N)ncnc21. The minimum atomic E-state index is -1.25. The highest BCUT2D eigenvalue weighted by Gasteiger charge is 2.28. The number of ether oxygens (including phenoxy) is 1. The molecular weight excluding hydrogens is 292 g/mol. The molecule has 0 aliphatic heterocycles. The Morgan fingerprint density at radius 3 is 2.77 bits per heavy atom. The molecule has 0 aliphatic carbocycles. The van der Waals surface area contributed by atoms with Gasteiger partial charge in [-0.1, -0.05) is 0 Å². The van der Waals surface area contributed by atoms with Crippen molar-refractivity contribution in [3.8, 4) is 0 Å². The maximum Gasteiger partial charge on any atom is 0.160 e. The number of aliphatic hydroxyl groups is 2. The first-order valence-electron chi connectivity index (χ1n) is 6.71. The Bertz CT molecular complexity index is 605. The van der Waals surface area contributed by atoms with Gasteiger partial charge >= 0.3 is 0 Å². The molecule has 2 rings (SSSR count).